The second-order valence-electron chi connectivity index (χ2n) is 8.17. The van der Waals surface area contributed by atoms with Gasteiger partial charge < -0.3 is 15.0 Å². The van der Waals surface area contributed by atoms with Gasteiger partial charge in [-0.25, -0.2) is 13.2 Å². The number of likely N-dealkylation sites (N-methyl/N-ethyl adjacent to an activating group) is 1. The lowest BCUT2D eigenvalue weighted by molar-refractivity contribution is -0.117. The molecule has 3 aromatic rings. The molecule has 8 heteroatoms. The van der Waals surface area contributed by atoms with Gasteiger partial charge in [-0.2, -0.15) is 0 Å². The van der Waals surface area contributed by atoms with Gasteiger partial charge in [0, 0.05) is 23.9 Å². The summed E-state index contributed by atoms with van der Waals surface area (Å²) in [6.45, 7) is 1.62. The van der Waals surface area contributed by atoms with E-state index in [9.17, 15) is 18.0 Å². The fraction of sp³-hybridized carbons (Fsp3) is 0.269. The summed E-state index contributed by atoms with van der Waals surface area (Å²) in [4.78, 5) is 16.0. The van der Waals surface area contributed by atoms with Crippen LogP contribution in [0.5, 0.6) is 11.5 Å². The number of amides is 1. The molecule has 0 saturated heterocycles. The lowest BCUT2D eigenvalue weighted by atomic mass is 10.2. The number of carbonyl (C=O) groups is 1. The van der Waals surface area contributed by atoms with E-state index in [1.807, 2.05) is 47.2 Å². The number of carbonyl (C=O) groups excluding carboxylic acids is 1. The Kier molecular flexibility index (Phi) is 9.07. The third kappa shape index (κ3) is 7.90. The van der Waals surface area contributed by atoms with Gasteiger partial charge in [0.2, 0.25) is 5.91 Å². The number of anilines is 1. The first kappa shape index (κ1) is 25.3. The molecule has 0 aromatic heterocycles. The summed E-state index contributed by atoms with van der Waals surface area (Å²) in [6.07, 6.45) is 0.719. The fourth-order valence-corrected chi connectivity index (χ4v) is 3.42. The minimum absolute atomic E-state index is 0.106. The van der Waals surface area contributed by atoms with Gasteiger partial charge in [0.1, 0.15) is 17.3 Å². The maximum absolute atomic E-state index is 13.8. The summed E-state index contributed by atoms with van der Waals surface area (Å²) in [7, 11) is 3.62. The summed E-state index contributed by atoms with van der Waals surface area (Å²) in [5.74, 6) is -1.75. The number of hydrogen-bond donors (Lipinski definition) is 1. The van der Waals surface area contributed by atoms with Crippen molar-refractivity contribution in [1.29, 1.82) is 0 Å². The number of benzene rings is 3. The zero-order valence-electron chi connectivity index (χ0n) is 19.2. The number of ether oxygens (including phenoxy) is 1. The first-order chi connectivity index (χ1) is 16.3. The van der Waals surface area contributed by atoms with Gasteiger partial charge in [-0.15, -0.1) is 0 Å². The van der Waals surface area contributed by atoms with Crippen LogP contribution in [-0.2, 0) is 11.3 Å². The molecule has 0 spiro atoms. The van der Waals surface area contributed by atoms with Crippen molar-refractivity contribution in [3.63, 3.8) is 0 Å². The molecule has 0 aliphatic carbocycles. The van der Waals surface area contributed by atoms with Crippen molar-refractivity contribution >= 4 is 11.6 Å². The molecule has 0 unspecified atom stereocenters. The molecular formula is C26H28F3N3O2. The zero-order chi connectivity index (χ0) is 24.5. The van der Waals surface area contributed by atoms with Crippen LogP contribution < -0.4 is 10.1 Å². The molecule has 0 atom stereocenters. The molecule has 0 heterocycles. The van der Waals surface area contributed by atoms with Crippen LogP contribution in [0.25, 0.3) is 0 Å². The highest BCUT2D eigenvalue weighted by atomic mass is 19.2. The average molecular weight is 472 g/mol. The monoisotopic (exact) mass is 471 g/mol. The SMILES string of the molecule is CN(CCCN(C)Cc1cc(F)c(F)cc1F)CC(=O)Nc1ccc(Oc2ccccc2)cc1. The van der Waals surface area contributed by atoms with Crippen molar-refractivity contribution < 1.29 is 22.7 Å². The van der Waals surface area contributed by atoms with Crippen molar-refractivity contribution in [3.05, 3.63) is 89.7 Å². The van der Waals surface area contributed by atoms with Crippen molar-refractivity contribution in [2.45, 2.75) is 13.0 Å². The predicted octanol–water partition coefficient (Wildman–Crippen LogP) is 5.29. The molecule has 0 saturated carbocycles. The zero-order valence-corrected chi connectivity index (χ0v) is 19.2. The molecule has 180 valence electrons. The van der Waals surface area contributed by atoms with E-state index in [1.54, 1.807) is 31.3 Å². The van der Waals surface area contributed by atoms with E-state index in [0.717, 1.165) is 18.2 Å². The Morgan fingerprint density at radius 2 is 1.44 bits per heavy atom. The van der Waals surface area contributed by atoms with Crippen molar-refractivity contribution in [2.24, 2.45) is 0 Å². The summed E-state index contributed by atoms with van der Waals surface area (Å²) in [6, 6.07) is 18.0. The minimum Gasteiger partial charge on any atom is -0.457 e. The molecule has 1 N–H and O–H groups in total. The van der Waals surface area contributed by atoms with E-state index in [2.05, 4.69) is 5.32 Å². The summed E-state index contributed by atoms with van der Waals surface area (Å²) in [5, 5.41) is 2.86. The van der Waals surface area contributed by atoms with Crippen LogP contribution in [0.1, 0.15) is 12.0 Å². The van der Waals surface area contributed by atoms with Gasteiger partial charge >= 0.3 is 0 Å². The highest BCUT2D eigenvalue weighted by Gasteiger charge is 2.12. The average Bonchev–Trinajstić information content (AvgIpc) is 2.79. The number of para-hydroxylation sites is 1. The predicted molar refractivity (Wildman–Crippen MR) is 126 cm³/mol. The Morgan fingerprint density at radius 3 is 2.15 bits per heavy atom. The molecule has 0 radical (unpaired) electrons. The van der Waals surface area contributed by atoms with Gasteiger partial charge in [-0.1, -0.05) is 18.2 Å². The molecule has 0 bridgehead atoms. The molecule has 3 rings (SSSR count). The molecular weight excluding hydrogens is 443 g/mol. The molecule has 0 aliphatic heterocycles. The van der Waals surface area contributed by atoms with Crippen LogP contribution in [0.2, 0.25) is 0 Å². The van der Waals surface area contributed by atoms with Crippen LogP contribution in [0.3, 0.4) is 0 Å². The molecule has 0 fully saturated rings. The largest absolute Gasteiger partial charge is 0.457 e. The molecule has 5 nitrogen and oxygen atoms in total. The first-order valence-electron chi connectivity index (χ1n) is 10.9. The van der Waals surface area contributed by atoms with Crippen LogP contribution in [0, 0.1) is 17.5 Å². The quantitative estimate of drug-likeness (QED) is 0.386. The van der Waals surface area contributed by atoms with E-state index in [-0.39, 0.29) is 24.6 Å². The fourth-order valence-electron chi connectivity index (χ4n) is 3.42. The van der Waals surface area contributed by atoms with E-state index in [1.165, 1.54) is 0 Å². The first-order valence-corrected chi connectivity index (χ1v) is 10.9. The Balaban J connectivity index is 1.37. The Morgan fingerprint density at radius 1 is 0.824 bits per heavy atom. The number of rotatable bonds is 11. The van der Waals surface area contributed by atoms with Crippen LogP contribution in [-0.4, -0.2) is 49.4 Å². The highest BCUT2D eigenvalue weighted by molar-refractivity contribution is 5.92. The van der Waals surface area contributed by atoms with Gasteiger partial charge in [0.15, 0.2) is 11.6 Å². The molecule has 0 aliphatic rings. The smallest absolute Gasteiger partial charge is 0.238 e. The van der Waals surface area contributed by atoms with Gasteiger partial charge in [0.05, 0.1) is 6.54 Å². The van der Waals surface area contributed by atoms with Gasteiger partial charge in [-0.05, 0) is 76.1 Å². The Bertz CT molecular complexity index is 1080. The maximum atomic E-state index is 13.8. The van der Waals surface area contributed by atoms with Crippen LogP contribution in [0.4, 0.5) is 18.9 Å². The third-order valence-electron chi connectivity index (χ3n) is 5.14. The number of hydrogen-bond acceptors (Lipinski definition) is 4. The second-order valence-corrected chi connectivity index (χ2v) is 8.17. The molecule has 3 aromatic carbocycles. The second kappa shape index (κ2) is 12.2. The third-order valence-corrected chi connectivity index (χ3v) is 5.14. The van der Waals surface area contributed by atoms with Crippen LogP contribution >= 0.6 is 0 Å². The molecule has 34 heavy (non-hydrogen) atoms. The molecule has 1 amide bonds. The number of nitrogens with one attached hydrogen (secondary N) is 1. The van der Waals surface area contributed by atoms with Gasteiger partial charge in [0.25, 0.3) is 0 Å². The van der Waals surface area contributed by atoms with E-state index in [4.69, 9.17) is 4.74 Å². The number of halogens is 3. The lowest BCUT2D eigenvalue weighted by Crippen LogP contribution is -2.32. The van der Waals surface area contributed by atoms with Crippen molar-refractivity contribution in [1.82, 2.24) is 9.80 Å². The normalized spacial score (nSPS) is 11.1. The standard InChI is InChI=1S/C26H28F3N3O2/c1-31(17-19-15-24(28)25(29)16-23(19)27)13-6-14-32(2)18-26(33)30-20-9-11-22(12-10-20)34-21-7-4-3-5-8-21/h3-5,7-12,15-16H,6,13-14,17-18H2,1-2H3,(H,30,33). The summed E-state index contributed by atoms with van der Waals surface area (Å²) in [5.41, 5.74) is 0.779. The van der Waals surface area contributed by atoms with Crippen molar-refractivity contribution in [2.75, 3.05) is 39.0 Å². The van der Waals surface area contributed by atoms with E-state index in [0.29, 0.717) is 30.6 Å². The minimum atomic E-state index is -1.19. The van der Waals surface area contributed by atoms with E-state index >= 15 is 0 Å². The van der Waals surface area contributed by atoms with Crippen molar-refractivity contribution in [3.8, 4) is 11.5 Å². The Hall–Kier alpha value is -3.36. The van der Waals surface area contributed by atoms with E-state index < -0.39 is 17.5 Å². The lowest BCUT2D eigenvalue weighted by Gasteiger charge is -2.20. The van der Waals surface area contributed by atoms with Crippen LogP contribution in [0.15, 0.2) is 66.7 Å². The maximum Gasteiger partial charge on any atom is 0.238 e. The number of nitrogens with zero attached hydrogens (tertiary/aromatic N) is 2. The topological polar surface area (TPSA) is 44.8 Å². The Labute approximate surface area is 197 Å². The highest BCUT2D eigenvalue weighted by Crippen LogP contribution is 2.22. The summed E-state index contributed by atoms with van der Waals surface area (Å²) < 4.78 is 45.9. The summed E-state index contributed by atoms with van der Waals surface area (Å²) >= 11 is 0. The van der Waals surface area contributed by atoms with Gasteiger partial charge in [-0.3, -0.25) is 9.69 Å².